The fraction of sp³-hybridized carbons (Fsp3) is 0.167. The Bertz CT molecular complexity index is 849. The molecule has 0 atom stereocenters. The summed E-state index contributed by atoms with van der Waals surface area (Å²) in [6, 6.07) is 15.2. The van der Waals surface area contributed by atoms with E-state index in [1.54, 1.807) is 6.07 Å². The van der Waals surface area contributed by atoms with Crippen LogP contribution in [0.15, 0.2) is 58.6 Å². The number of anilines is 1. The maximum Gasteiger partial charge on any atom is 0.375 e. The van der Waals surface area contributed by atoms with Crippen molar-refractivity contribution in [3.8, 4) is 5.75 Å². The van der Waals surface area contributed by atoms with Crippen molar-refractivity contribution >= 4 is 22.9 Å². The molecule has 1 heterocycles. The van der Waals surface area contributed by atoms with Crippen LogP contribution in [0.4, 0.5) is 5.69 Å². The van der Waals surface area contributed by atoms with E-state index in [0.717, 1.165) is 28.4 Å². The van der Waals surface area contributed by atoms with Gasteiger partial charge in [-0.25, -0.2) is 0 Å². The third kappa shape index (κ3) is 2.44. The number of phenolic OH excluding ortho intramolecular Hbond substituents is 1. The zero-order valence-electron chi connectivity index (χ0n) is 12.9. The van der Waals surface area contributed by atoms with E-state index in [1.807, 2.05) is 79.0 Å². The Kier molecular flexibility index (Phi) is 3.59. The lowest BCUT2D eigenvalue weighted by molar-refractivity contribution is -0.652. The highest BCUT2D eigenvalue weighted by molar-refractivity contribution is 5.70. The van der Waals surface area contributed by atoms with Crippen molar-refractivity contribution in [3.05, 3.63) is 60.1 Å². The van der Waals surface area contributed by atoms with Gasteiger partial charge >= 0.3 is 5.89 Å². The molecule has 22 heavy (non-hydrogen) atoms. The minimum atomic E-state index is 0.256. The lowest BCUT2D eigenvalue weighted by Crippen LogP contribution is -2.29. The fourth-order valence-corrected chi connectivity index (χ4v) is 2.46. The first-order valence-electron chi connectivity index (χ1n) is 7.15. The van der Waals surface area contributed by atoms with Crippen molar-refractivity contribution in [3.63, 3.8) is 0 Å². The van der Waals surface area contributed by atoms with Crippen LogP contribution in [0.1, 0.15) is 12.8 Å². The second kappa shape index (κ2) is 5.56. The number of aromatic hydroxyl groups is 1. The van der Waals surface area contributed by atoms with Crippen LogP contribution in [0.3, 0.4) is 0 Å². The summed E-state index contributed by atoms with van der Waals surface area (Å²) in [5.74, 6) is 1.02. The predicted molar refractivity (Wildman–Crippen MR) is 87.6 cm³/mol. The molecule has 0 aliphatic rings. The van der Waals surface area contributed by atoms with E-state index >= 15 is 0 Å². The van der Waals surface area contributed by atoms with Gasteiger partial charge in [-0.1, -0.05) is 24.3 Å². The summed E-state index contributed by atoms with van der Waals surface area (Å²) in [6.45, 7) is 1.99. The summed E-state index contributed by atoms with van der Waals surface area (Å²) in [4.78, 5) is 1.93. The quantitative estimate of drug-likeness (QED) is 0.752. The van der Waals surface area contributed by atoms with Crippen LogP contribution in [-0.2, 0) is 7.05 Å². The number of rotatable bonds is 3. The maximum atomic E-state index is 9.97. The second-order valence-corrected chi connectivity index (χ2v) is 5.30. The van der Waals surface area contributed by atoms with E-state index in [9.17, 15) is 5.11 Å². The van der Waals surface area contributed by atoms with E-state index in [4.69, 9.17) is 4.42 Å². The van der Waals surface area contributed by atoms with E-state index < -0.39 is 0 Å². The summed E-state index contributed by atoms with van der Waals surface area (Å²) in [5.41, 5.74) is 3.63. The van der Waals surface area contributed by atoms with E-state index in [0.29, 0.717) is 0 Å². The number of para-hydroxylation sites is 4. The van der Waals surface area contributed by atoms with Crippen LogP contribution in [0.2, 0.25) is 0 Å². The monoisotopic (exact) mass is 295 g/mol. The molecular weight excluding hydrogens is 276 g/mol. The van der Waals surface area contributed by atoms with E-state index in [2.05, 4.69) is 0 Å². The number of phenols is 1. The molecule has 0 saturated heterocycles. The first-order chi connectivity index (χ1) is 10.6. The van der Waals surface area contributed by atoms with Crippen molar-refractivity contribution in [2.24, 2.45) is 7.05 Å². The molecule has 4 nitrogen and oxygen atoms in total. The highest BCUT2D eigenvalue weighted by atomic mass is 16.3. The molecule has 0 radical (unpaired) electrons. The Morgan fingerprint density at radius 1 is 1.14 bits per heavy atom. The Morgan fingerprint density at radius 3 is 2.55 bits per heavy atom. The zero-order chi connectivity index (χ0) is 15.7. The van der Waals surface area contributed by atoms with Gasteiger partial charge in [0.1, 0.15) is 12.8 Å². The standard InChI is InChI=1S/C18H18N2O2/c1-13(19(2)14-8-4-6-10-16(14)21)12-18-20(3)15-9-5-7-11-17(15)22-18/h4-12H,1-3H3/p+1. The number of benzene rings is 2. The molecule has 0 aliphatic carbocycles. The minimum absolute atomic E-state index is 0.256. The van der Waals surface area contributed by atoms with Gasteiger partial charge in [0.15, 0.2) is 0 Å². The third-order valence-corrected chi connectivity index (χ3v) is 3.88. The molecule has 0 amide bonds. The zero-order valence-corrected chi connectivity index (χ0v) is 12.9. The van der Waals surface area contributed by atoms with Gasteiger partial charge in [-0.05, 0) is 25.1 Å². The fourth-order valence-electron chi connectivity index (χ4n) is 2.46. The number of aromatic nitrogens is 1. The van der Waals surface area contributed by atoms with Gasteiger partial charge in [-0.3, -0.25) is 0 Å². The van der Waals surface area contributed by atoms with Gasteiger partial charge in [0.2, 0.25) is 5.58 Å². The predicted octanol–water partition coefficient (Wildman–Crippen LogP) is 3.46. The first kappa shape index (κ1) is 14.2. The Morgan fingerprint density at radius 2 is 1.82 bits per heavy atom. The molecule has 112 valence electrons. The lowest BCUT2D eigenvalue weighted by atomic mass is 10.2. The minimum Gasteiger partial charge on any atom is -0.506 e. The van der Waals surface area contributed by atoms with Crippen LogP contribution in [0.5, 0.6) is 5.75 Å². The topological polar surface area (TPSA) is 40.5 Å². The molecule has 3 rings (SSSR count). The molecule has 1 N–H and O–H groups in total. The van der Waals surface area contributed by atoms with Crippen LogP contribution in [0, 0.1) is 0 Å². The molecule has 2 aromatic carbocycles. The SMILES string of the molecule is CC(=Cc1oc2ccccc2[n+]1C)N(C)c1ccccc1O. The largest absolute Gasteiger partial charge is 0.506 e. The molecule has 1 aromatic heterocycles. The number of hydrogen-bond acceptors (Lipinski definition) is 3. The molecule has 0 aliphatic heterocycles. The van der Waals surface area contributed by atoms with Crippen molar-refractivity contribution in [2.45, 2.75) is 6.92 Å². The average molecular weight is 295 g/mol. The molecule has 0 fully saturated rings. The first-order valence-corrected chi connectivity index (χ1v) is 7.15. The van der Waals surface area contributed by atoms with Gasteiger partial charge in [0.25, 0.3) is 5.52 Å². The van der Waals surface area contributed by atoms with Gasteiger partial charge < -0.3 is 14.4 Å². The van der Waals surface area contributed by atoms with E-state index in [1.165, 1.54) is 0 Å². The lowest BCUT2D eigenvalue weighted by Gasteiger charge is -2.20. The normalized spacial score (nSPS) is 11.9. The Labute approximate surface area is 129 Å². The molecule has 0 unspecified atom stereocenters. The van der Waals surface area contributed by atoms with Crippen LogP contribution in [0.25, 0.3) is 17.2 Å². The van der Waals surface area contributed by atoms with Gasteiger partial charge in [-0.15, -0.1) is 0 Å². The summed E-state index contributed by atoms with van der Waals surface area (Å²) in [5, 5.41) is 9.97. The maximum absolute atomic E-state index is 9.97. The molecule has 4 heteroatoms. The smallest absolute Gasteiger partial charge is 0.375 e. The molecule has 0 saturated carbocycles. The summed E-state index contributed by atoms with van der Waals surface area (Å²) in [6.07, 6.45) is 1.96. The number of hydrogen-bond donors (Lipinski definition) is 1. The summed E-state index contributed by atoms with van der Waals surface area (Å²) < 4.78 is 7.89. The highest BCUT2D eigenvalue weighted by Gasteiger charge is 2.17. The van der Waals surface area contributed by atoms with Gasteiger partial charge in [-0.2, -0.15) is 4.57 Å². The van der Waals surface area contributed by atoms with Crippen molar-refractivity contribution < 1.29 is 14.1 Å². The highest BCUT2D eigenvalue weighted by Crippen LogP contribution is 2.28. The molecule has 3 aromatic rings. The van der Waals surface area contributed by atoms with Gasteiger partial charge in [0.05, 0.1) is 11.8 Å². The number of aryl methyl sites for hydroxylation is 1. The molecule has 0 bridgehead atoms. The van der Waals surface area contributed by atoms with Crippen LogP contribution in [-0.4, -0.2) is 12.2 Å². The van der Waals surface area contributed by atoms with Crippen molar-refractivity contribution in [1.82, 2.24) is 0 Å². The van der Waals surface area contributed by atoms with Gasteiger partial charge in [0, 0.05) is 18.8 Å². The van der Waals surface area contributed by atoms with Crippen molar-refractivity contribution in [2.75, 3.05) is 11.9 Å². The molecule has 0 spiro atoms. The number of allylic oxidation sites excluding steroid dienone is 1. The Hall–Kier alpha value is -2.75. The summed E-state index contributed by atoms with van der Waals surface area (Å²) >= 11 is 0. The average Bonchev–Trinajstić information content (AvgIpc) is 2.84. The number of nitrogens with zero attached hydrogens (tertiary/aromatic N) is 2. The molecular formula is C18H19N2O2+. The summed E-state index contributed by atoms with van der Waals surface area (Å²) in [7, 11) is 3.90. The van der Waals surface area contributed by atoms with Crippen molar-refractivity contribution in [1.29, 1.82) is 0 Å². The third-order valence-electron chi connectivity index (χ3n) is 3.88. The van der Waals surface area contributed by atoms with Crippen LogP contribution < -0.4 is 9.47 Å². The number of fused-ring (bicyclic) bond motifs is 1. The van der Waals surface area contributed by atoms with E-state index in [-0.39, 0.29) is 5.75 Å². The van der Waals surface area contributed by atoms with Crippen LogP contribution >= 0.6 is 0 Å². The Balaban J connectivity index is 1.99. The second-order valence-electron chi connectivity index (χ2n) is 5.30. The number of oxazole rings is 1.